The zero-order valence-electron chi connectivity index (χ0n) is 12.2. The van der Waals surface area contributed by atoms with Gasteiger partial charge >= 0.3 is 0 Å². The largest absolute Gasteiger partial charge is 0.381 e. The molecular weight excluding hydrogens is 212 g/mol. The highest BCUT2D eigenvalue weighted by molar-refractivity contribution is 4.98. The highest BCUT2D eigenvalue weighted by atomic mass is 16.5. The van der Waals surface area contributed by atoms with Crippen LogP contribution in [0.2, 0.25) is 0 Å². The quantitative estimate of drug-likeness (QED) is 0.802. The third-order valence-electron chi connectivity index (χ3n) is 4.72. The molecule has 102 valence electrons. The Morgan fingerprint density at radius 1 is 1.18 bits per heavy atom. The van der Waals surface area contributed by atoms with E-state index in [1.807, 2.05) is 0 Å². The lowest BCUT2D eigenvalue weighted by atomic mass is 9.74. The van der Waals surface area contributed by atoms with Crippen molar-refractivity contribution >= 4 is 0 Å². The zero-order valence-corrected chi connectivity index (χ0v) is 12.2. The molecule has 0 aromatic heterocycles. The summed E-state index contributed by atoms with van der Waals surface area (Å²) in [5.41, 5.74) is 6.26. The lowest BCUT2D eigenvalue weighted by Crippen LogP contribution is -2.62. The van der Waals surface area contributed by atoms with E-state index in [1.54, 1.807) is 0 Å². The second-order valence-corrected chi connectivity index (χ2v) is 5.96. The van der Waals surface area contributed by atoms with Gasteiger partial charge in [-0.3, -0.25) is 4.90 Å². The van der Waals surface area contributed by atoms with Crippen LogP contribution in [0.5, 0.6) is 0 Å². The van der Waals surface area contributed by atoms with Crippen LogP contribution in [-0.2, 0) is 4.74 Å². The first kappa shape index (κ1) is 14.9. The molecule has 1 rings (SSSR count). The topological polar surface area (TPSA) is 38.5 Å². The van der Waals surface area contributed by atoms with Gasteiger partial charge in [0.2, 0.25) is 0 Å². The minimum atomic E-state index is 0.113. The Kier molecular flexibility index (Phi) is 5.42. The molecule has 17 heavy (non-hydrogen) atoms. The summed E-state index contributed by atoms with van der Waals surface area (Å²) in [6, 6.07) is 0.622. The molecule has 0 amide bonds. The van der Waals surface area contributed by atoms with E-state index >= 15 is 0 Å². The summed E-state index contributed by atoms with van der Waals surface area (Å²) in [5, 5.41) is 0. The van der Waals surface area contributed by atoms with Gasteiger partial charge in [0.05, 0.1) is 0 Å². The summed E-state index contributed by atoms with van der Waals surface area (Å²) in [5.74, 6) is 1.14. The SMILES string of the molecule is CC(C)C(CN)(C(C)C)N(C)C1CCOCC1. The highest BCUT2D eigenvalue weighted by Gasteiger charge is 2.42. The summed E-state index contributed by atoms with van der Waals surface area (Å²) >= 11 is 0. The summed E-state index contributed by atoms with van der Waals surface area (Å²) in [4.78, 5) is 2.55. The van der Waals surface area contributed by atoms with Crippen molar-refractivity contribution in [2.45, 2.75) is 52.1 Å². The van der Waals surface area contributed by atoms with Crippen LogP contribution in [0.1, 0.15) is 40.5 Å². The lowest BCUT2D eigenvalue weighted by Gasteiger charge is -2.51. The molecule has 0 spiro atoms. The van der Waals surface area contributed by atoms with E-state index in [0.717, 1.165) is 32.6 Å². The fraction of sp³-hybridized carbons (Fsp3) is 1.00. The molecule has 1 aliphatic heterocycles. The van der Waals surface area contributed by atoms with Crippen molar-refractivity contribution in [1.82, 2.24) is 4.90 Å². The molecular formula is C14H30N2O. The van der Waals surface area contributed by atoms with Crippen LogP contribution in [0.15, 0.2) is 0 Å². The molecule has 0 aliphatic carbocycles. The summed E-state index contributed by atoms with van der Waals surface area (Å²) in [6.07, 6.45) is 2.27. The maximum Gasteiger partial charge on any atom is 0.0480 e. The van der Waals surface area contributed by atoms with Gasteiger partial charge in [0, 0.05) is 31.3 Å². The van der Waals surface area contributed by atoms with Crippen LogP contribution in [0.3, 0.4) is 0 Å². The molecule has 0 radical (unpaired) electrons. The summed E-state index contributed by atoms with van der Waals surface area (Å²) < 4.78 is 5.46. The Balaban J connectivity index is 2.88. The van der Waals surface area contributed by atoms with E-state index < -0.39 is 0 Å². The molecule has 0 unspecified atom stereocenters. The Morgan fingerprint density at radius 2 is 1.65 bits per heavy atom. The van der Waals surface area contributed by atoms with Crippen molar-refractivity contribution in [2.75, 3.05) is 26.8 Å². The number of nitrogens with zero attached hydrogens (tertiary/aromatic N) is 1. The molecule has 0 saturated carbocycles. The first-order valence-electron chi connectivity index (χ1n) is 6.97. The van der Waals surface area contributed by atoms with Gasteiger partial charge < -0.3 is 10.5 Å². The van der Waals surface area contributed by atoms with Gasteiger partial charge in [-0.25, -0.2) is 0 Å². The van der Waals surface area contributed by atoms with E-state index in [1.165, 1.54) is 0 Å². The van der Waals surface area contributed by atoms with E-state index in [4.69, 9.17) is 10.5 Å². The number of ether oxygens (including phenoxy) is 1. The zero-order chi connectivity index (χ0) is 13.1. The predicted octanol–water partition coefficient (Wildman–Crippen LogP) is 2.11. The smallest absolute Gasteiger partial charge is 0.0480 e. The fourth-order valence-electron chi connectivity index (χ4n) is 3.51. The molecule has 0 aromatic carbocycles. The minimum absolute atomic E-state index is 0.113. The van der Waals surface area contributed by atoms with Crippen LogP contribution in [0.25, 0.3) is 0 Å². The second kappa shape index (κ2) is 6.17. The standard InChI is InChI=1S/C14H30N2O/c1-11(2)14(10-15,12(3)4)16(5)13-6-8-17-9-7-13/h11-13H,6-10,15H2,1-5H3. The van der Waals surface area contributed by atoms with Gasteiger partial charge in [-0.15, -0.1) is 0 Å². The third kappa shape index (κ3) is 2.83. The minimum Gasteiger partial charge on any atom is -0.381 e. The molecule has 0 atom stereocenters. The number of hydrogen-bond donors (Lipinski definition) is 1. The molecule has 0 aromatic rings. The van der Waals surface area contributed by atoms with Gasteiger partial charge in [0.25, 0.3) is 0 Å². The molecule has 2 N–H and O–H groups in total. The van der Waals surface area contributed by atoms with Crippen LogP contribution >= 0.6 is 0 Å². The molecule has 1 fully saturated rings. The maximum atomic E-state index is 6.14. The average Bonchev–Trinajstić information content (AvgIpc) is 2.30. The Morgan fingerprint density at radius 3 is 2.00 bits per heavy atom. The van der Waals surface area contributed by atoms with Gasteiger partial charge in [-0.05, 0) is 31.7 Å². The normalized spacial score (nSPS) is 19.6. The van der Waals surface area contributed by atoms with Crippen LogP contribution in [-0.4, -0.2) is 43.3 Å². The van der Waals surface area contributed by atoms with Crippen LogP contribution in [0, 0.1) is 11.8 Å². The first-order chi connectivity index (χ1) is 7.96. The summed E-state index contributed by atoms with van der Waals surface area (Å²) in [6.45, 7) is 11.7. The van der Waals surface area contributed by atoms with Crippen molar-refractivity contribution in [3.05, 3.63) is 0 Å². The number of rotatable bonds is 5. The second-order valence-electron chi connectivity index (χ2n) is 5.96. The van der Waals surface area contributed by atoms with Gasteiger partial charge in [0.15, 0.2) is 0 Å². The van der Waals surface area contributed by atoms with Crippen molar-refractivity contribution in [2.24, 2.45) is 17.6 Å². The van der Waals surface area contributed by atoms with Crippen LogP contribution < -0.4 is 5.73 Å². The van der Waals surface area contributed by atoms with E-state index in [-0.39, 0.29) is 5.54 Å². The fourth-order valence-corrected chi connectivity index (χ4v) is 3.51. The molecule has 1 saturated heterocycles. The average molecular weight is 242 g/mol. The number of likely N-dealkylation sites (N-methyl/N-ethyl adjacent to an activating group) is 1. The third-order valence-corrected chi connectivity index (χ3v) is 4.72. The predicted molar refractivity (Wildman–Crippen MR) is 73.1 cm³/mol. The van der Waals surface area contributed by atoms with Gasteiger partial charge in [-0.1, -0.05) is 27.7 Å². The van der Waals surface area contributed by atoms with Crippen LogP contribution in [0.4, 0.5) is 0 Å². The molecule has 1 aliphatic rings. The van der Waals surface area contributed by atoms with Crippen molar-refractivity contribution < 1.29 is 4.74 Å². The Bertz CT molecular complexity index is 214. The van der Waals surface area contributed by atoms with Crippen molar-refractivity contribution in [3.8, 4) is 0 Å². The molecule has 0 bridgehead atoms. The molecule has 3 heteroatoms. The molecule has 3 nitrogen and oxygen atoms in total. The van der Waals surface area contributed by atoms with Crippen molar-refractivity contribution in [3.63, 3.8) is 0 Å². The van der Waals surface area contributed by atoms with E-state index in [9.17, 15) is 0 Å². The molecule has 1 heterocycles. The Hall–Kier alpha value is -0.120. The van der Waals surface area contributed by atoms with Gasteiger partial charge in [-0.2, -0.15) is 0 Å². The van der Waals surface area contributed by atoms with Crippen molar-refractivity contribution in [1.29, 1.82) is 0 Å². The van der Waals surface area contributed by atoms with Gasteiger partial charge in [0.1, 0.15) is 0 Å². The summed E-state index contributed by atoms with van der Waals surface area (Å²) in [7, 11) is 2.25. The lowest BCUT2D eigenvalue weighted by molar-refractivity contribution is -0.0415. The monoisotopic (exact) mass is 242 g/mol. The maximum absolute atomic E-state index is 6.14. The highest BCUT2D eigenvalue weighted by Crippen LogP contribution is 2.34. The first-order valence-corrected chi connectivity index (χ1v) is 6.97. The number of hydrogen-bond acceptors (Lipinski definition) is 3. The van der Waals surface area contributed by atoms with E-state index in [0.29, 0.717) is 17.9 Å². The van der Waals surface area contributed by atoms with E-state index in [2.05, 4.69) is 39.6 Å². The number of nitrogens with two attached hydrogens (primary N) is 1. The Labute approximate surface area is 107 Å².